The first-order valence-electron chi connectivity index (χ1n) is 9.83. The third-order valence-electron chi connectivity index (χ3n) is 5.64. The van der Waals surface area contributed by atoms with Crippen LogP contribution in [0.4, 0.5) is 10.5 Å². The Kier molecular flexibility index (Phi) is 4.43. The van der Waals surface area contributed by atoms with Crippen molar-refractivity contribution < 1.29 is 19.0 Å². The number of aromatic nitrogens is 1. The van der Waals surface area contributed by atoms with Gasteiger partial charge >= 0.3 is 6.03 Å². The van der Waals surface area contributed by atoms with E-state index in [1.54, 1.807) is 6.20 Å². The van der Waals surface area contributed by atoms with Crippen molar-refractivity contribution in [1.82, 2.24) is 9.88 Å². The number of nitrogens with zero attached hydrogens (tertiary/aromatic N) is 2. The van der Waals surface area contributed by atoms with Gasteiger partial charge in [-0.2, -0.15) is 0 Å². The van der Waals surface area contributed by atoms with Gasteiger partial charge in [0.25, 0.3) is 0 Å². The SMILES string of the molecule is O=C(Nc1ccc2c(c1)OCCO2)N1C2CCC1CC(Oc1ccccn1)C2. The molecule has 1 N–H and O–H groups in total. The maximum absolute atomic E-state index is 13.0. The molecule has 28 heavy (non-hydrogen) atoms. The molecule has 0 radical (unpaired) electrons. The highest BCUT2D eigenvalue weighted by Gasteiger charge is 2.44. The monoisotopic (exact) mass is 381 g/mol. The molecule has 4 heterocycles. The fourth-order valence-corrected chi connectivity index (χ4v) is 4.45. The minimum Gasteiger partial charge on any atom is -0.486 e. The van der Waals surface area contributed by atoms with Crippen LogP contribution in [-0.4, -0.2) is 47.3 Å². The summed E-state index contributed by atoms with van der Waals surface area (Å²) in [6.45, 7) is 1.08. The summed E-state index contributed by atoms with van der Waals surface area (Å²) >= 11 is 0. The third kappa shape index (κ3) is 3.32. The fourth-order valence-electron chi connectivity index (χ4n) is 4.45. The maximum atomic E-state index is 13.0. The molecule has 2 unspecified atom stereocenters. The van der Waals surface area contributed by atoms with Crippen LogP contribution in [0.3, 0.4) is 0 Å². The number of fused-ring (bicyclic) bond motifs is 3. The van der Waals surface area contributed by atoms with E-state index in [1.807, 2.05) is 41.3 Å². The number of pyridine rings is 1. The number of nitrogens with one attached hydrogen (secondary N) is 1. The van der Waals surface area contributed by atoms with Crippen LogP contribution in [0.25, 0.3) is 0 Å². The van der Waals surface area contributed by atoms with Crippen molar-refractivity contribution in [3.05, 3.63) is 42.6 Å². The molecule has 2 amide bonds. The molecule has 2 saturated heterocycles. The number of hydrogen-bond donors (Lipinski definition) is 1. The number of rotatable bonds is 3. The van der Waals surface area contributed by atoms with E-state index in [9.17, 15) is 4.79 Å². The second-order valence-corrected chi connectivity index (χ2v) is 7.46. The molecule has 0 spiro atoms. The molecule has 3 aliphatic rings. The standard InChI is InChI=1S/C21H23N3O4/c25-21(23-14-4-7-18-19(11-14)27-10-9-26-18)24-15-5-6-16(24)13-17(12-15)28-20-3-1-2-8-22-20/h1-4,7-8,11,15-17H,5-6,9-10,12-13H2,(H,23,25). The molecule has 146 valence electrons. The quantitative estimate of drug-likeness (QED) is 0.882. The Hall–Kier alpha value is -2.96. The van der Waals surface area contributed by atoms with Crippen LogP contribution in [-0.2, 0) is 0 Å². The van der Waals surface area contributed by atoms with E-state index < -0.39 is 0 Å². The molecule has 0 saturated carbocycles. The Bertz CT molecular complexity index is 846. The summed E-state index contributed by atoms with van der Waals surface area (Å²) in [5.41, 5.74) is 0.723. The number of carbonyl (C=O) groups is 1. The maximum Gasteiger partial charge on any atom is 0.322 e. The minimum atomic E-state index is -0.0551. The molecule has 2 bridgehead atoms. The summed E-state index contributed by atoms with van der Waals surface area (Å²) in [6.07, 6.45) is 5.54. The fraction of sp³-hybridized carbons (Fsp3) is 0.429. The molecule has 1 aromatic carbocycles. The Morgan fingerprint density at radius 1 is 1.07 bits per heavy atom. The predicted octanol–water partition coefficient (Wildman–Crippen LogP) is 3.46. The van der Waals surface area contributed by atoms with Gasteiger partial charge in [0.2, 0.25) is 5.88 Å². The Balaban J connectivity index is 1.24. The lowest BCUT2D eigenvalue weighted by atomic mass is 10.00. The van der Waals surface area contributed by atoms with E-state index in [0.29, 0.717) is 24.8 Å². The number of piperidine rings is 1. The molecule has 5 rings (SSSR count). The molecule has 2 atom stereocenters. The average Bonchev–Trinajstić information content (AvgIpc) is 2.99. The van der Waals surface area contributed by atoms with E-state index in [2.05, 4.69) is 10.3 Å². The number of anilines is 1. The van der Waals surface area contributed by atoms with Crippen LogP contribution in [0.15, 0.2) is 42.6 Å². The van der Waals surface area contributed by atoms with Crippen LogP contribution in [0.1, 0.15) is 25.7 Å². The van der Waals surface area contributed by atoms with Crippen LogP contribution in [0.2, 0.25) is 0 Å². The smallest absolute Gasteiger partial charge is 0.322 e. The van der Waals surface area contributed by atoms with E-state index in [0.717, 1.165) is 37.1 Å². The van der Waals surface area contributed by atoms with E-state index in [4.69, 9.17) is 14.2 Å². The van der Waals surface area contributed by atoms with Gasteiger partial charge in [0.05, 0.1) is 0 Å². The van der Waals surface area contributed by atoms with E-state index in [1.165, 1.54) is 0 Å². The van der Waals surface area contributed by atoms with Crippen LogP contribution in [0.5, 0.6) is 17.4 Å². The molecular weight excluding hydrogens is 358 g/mol. The molecule has 2 fully saturated rings. The van der Waals surface area contributed by atoms with Gasteiger partial charge in [-0.1, -0.05) is 6.07 Å². The first-order valence-corrected chi connectivity index (χ1v) is 9.83. The van der Waals surface area contributed by atoms with Gasteiger partial charge in [-0.15, -0.1) is 0 Å². The van der Waals surface area contributed by atoms with Crippen molar-refractivity contribution in [2.75, 3.05) is 18.5 Å². The van der Waals surface area contributed by atoms with E-state index in [-0.39, 0.29) is 24.2 Å². The van der Waals surface area contributed by atoms with Gasteiger partial charge < -0.3 is 24.4 Å². The summed E-state index contributed by atoms with van der Waals surface area (Å²) < 4.78 is 17.2. The van der Waals surface area contributed by atoms with E-state index >= 15 is 0 Å². The van der Waals surface area contributed by atoms with Gasteiger partial charge in [0.1, 0.15) is 19.3 Å². The molecule has 7 nitrogen and oxygen atoms in total. The van der Waals surface area contributed by atoms with Crippen molar-refractivity contribution in [3.8, 4) is 17.4 Å². The molecule has 0 aliphatic carbocycles. The lowest BCUT2D eigenvalue weighted by molar-refractivity contribution is 0.0704. The summed E-state index contributed by atoms with van der Waals surface area (Å²) in [5.74, 6) is 2.05. The van der Waals surface area contributed by atoms with Crippen molar-refractivity contribution in [2.24, 2.45) is 0 Å². The zero-order valence-electron chi connectivity index (χ0n) is 15.5. The zero-order valence-corrected chi connectivity index (χ0v) is 15.5. The van der Waals surface area contributed by atoms with Gasteiger partial charge in [-0.05, 0) is 31.0 Å². The predicted molar refractivity (Wildman–Crippen MR) is 103 cm³/mol. The lowest BCUT2D eigenvalue weighted by Crippen LogP contribution is -2.50. The second-order valence-electron chi connectivity index (χ2n) is 7.46. The largest absolute Gasteiger partial charge is 0.486 e. The Morgan fingerprint density at radius 2 is 1.86 bits per heavy atom. The normalized spacial score (nSPS) is 25.3. The molecule has 2 aromatic rings. The number of carbonyl (C=O) groups excluding carboxylic acids is 1. The number of ether oxygens (including phenoxy) is 3. The molecule has 3 aliphatic heterocycles. The third-order valence-corrected chi connectivity index (χ3v) is 5.64. The van der Waals surface area contributed by atoms with Crippen molar-refractivity contribution in [1.29, 1.82) is 0 Å². The summed E-state index contributed by atoms with van der Waals surface area (Å²) in [7, 11) is 0. The van der Waals surface area contributed by atoms with Gasteiger partial charge in [-0.3, -0.25) is 0 Å². The number of urea groups is 1. The van der Waals surface area contributed by atoms with Crippen molar-refractivity contribution in [3.63, 3.8) is 0 Å². The van der Waals surface area contributed by atoms with Gasteiger partial charge in [-0.25, -0.2) is 9.78 Å². The summed E-state index contributed by atoms with van der Waals surface area (Å²) in [5, 5.41) is 3.03. The van der Waals surface area contributed by atoms with Crippen molar-refractivity contribution in [2.45, 2.75) is 43.9 Å². The Morgan fingerprint density at radius 3 is 2.61 bits per heavy atom. The first kappa shape index (κ1) is 17.2. The Labute approximate surface area is 163 Å². The lowest BCUT2D eigenvalue weighted by Gasteiger charge is -2.38. The highest BCUT2D eigenvalue weighted by Crippen LogP contribution is 2.38. The summed E-state index contributed by atoms with van der Waals surface area (Å²) in [6, 6.07) is 11.5. The second kappa shape index (κ2) is 7.22. The molecular formula is C21H23N3O4. The number of amides is 2. The van der Waals surface area contributed by atoms with Crippen LogP contribution >= 0.6 is 0 Å². The topological polar surface area (TPSA) is 72.9 Å². The highest BCUT2D eigenvalue weighted by molar-refractivity contribution is 5.90. The van der Waals surface area contributed by atoms with Crippen LogP contribution < -0.4 is 19.5 Å². The van der Waals surface area contributed by atoms with Crippen molar-refractivity contribution >= 4 is 11.7 Å². The number of hydrogen-bond acceptors (Lipinski definition) is 5. The number of benzene rings is 1. The molecule has 1 aromatic heterocycles. The average molecular weight is 381 g/mol. The minimum absolute atomic E-state index is 0.0551. The van der Waals surface area contributed by atoms with Crippen LogP contribution in [0, 0.1) is 0 Å². The van der Waals surface area contributed by atoms with Gasteiger partial charge in [0, 0.05) is 48.9 Å². The molecule has 7 heteroatoms. The summed E-state index contributed by atoms with van der Waals surface area (Å²) in [4.78, 5) is 19.2. The first-order chi connectivity index (χ1) is 13.8. The highest BCUT2D eigenvalue weighted by atomic mass is 16.6. The van der Waals surface area contributed by atoms with Gasteiger partial charge in [0.15, 0.2) is 11.5 Å². The zero-order chi connectivity index (χ0) is 18.9.